The molecule has 0 bridgehead atoms. The predicted octanol–water partition coefficient (Wildman–Crippen LogP) is 5.57. The van der Waals surface area contributed by atoms with Gasteiger partial charge in [-0.15, -0.1) is 0 Å². The molecule has 3 aromatic carbocycles. The minimum absolute atomic E-state index is 0.0612. The molecule has 1 N–H and O–H groups in total. The molecule has 46 heavy (non-hydrogen) atoms. The van der Waals surface area contributed by atoms with Gasteiger partial charge in [0.15, 0.2) is 6.29 Å². The molecule has 2 aromatic heterocycles. The quantitative estimate of drug-likeness (QED) is 0.209. The van der Waals surface area contributed by atoms with Crippen LogP contribution in [0.1, 0.15) is 22.3 Å². The first-order valence-electron chi connectivity index (χ1n) is 14.9. The molecular formula is C35H32ClN5O5. The molecule has 2 saturated heterocycles. The summed E-state index contributed by atoms with van der Waals surface area (Å²) in [6.45, 7) is 3.19. The molecule has 234 valence electrons. The maximum Gasteiger partial charge on any atom is 0.220 e. The lowest BCUT2D eigenvalue weighted by Gasteiger charge is -2.47. The number of methoxy groups -OCH3 is 3. The maximum absolute atomic E-state index is 11.7. The molecule has 2 fully saturated rings. The normalized spacial score (nSPS) is 15.5. The molecule has 2 aliphatic rings. The number of amides is 1. The highest BCUT2D eigenvalue weighted by atomic mass is 35.5. The van der Waals surface area contributed by atoms with Gasteiger partial charge >= 0.3 is 0 Å². The van der Waals surface area contributed by atoms with E-state index in [-0.39, 0.29) is 11.3 Å². The van der Waals surface area contributed by atoms with E-state index < -0.39 is 0 Å². The lowest BCUT2D eigenvalue weighted by Crippen LogP contribution is -2.56. The third-order valence-electron chi connectivity index (χ3n) is 8.91. The Kier molecular flexibility index (Phi) is 7.62. The Bertz CT molecular complexity index is 1980. The van der Waals surface area contributed by atoms with Gasteiger partial charge in [0, 0.05) is 72.2 Å². The van der Waals surface area contributed by atoms with Gasteiger partial charge in [0.25, 0.3) is 0 Å². The number of carbonyl (C=O) groups excluding carboxylic acids is 2. The van der Waals surface area contributed by atoms with Gasteiger partial charge < -0.3 is 19.5 Å². The molecule has 0 saturated carbocycles. The summed E-state index contributed by atoms with van der Waals surface area (Å²) in [4.78, 5) is 30.6. The SMILES string of the molecule is COc1cc(-n2ncc3c(-c4cccc(-c5ccc(CN6CC7(CNC(=O)C7)C6)c(OC)n5)c4Cl)cccc32)cc(OC)c1C=O. The number of nitrogens with zero attached hydrogens (tertiary/aromatic N) is 4. The van der Waals surface area contributed by atoms with Crippen LogP contribution < -0.4 is 19.5 Å². The number of fused-ring (bicyclic) bond motifs is 1. The zero-order valence-electron chi connectivity index (χ0n) is 25.7. The van der Waals surface area contributed by atoms with Crippen LogP contribution in [0.2, 0.25) is 5.02 Å². The zero-order chi connectivity index (χ0) is 32.0. The number of rotatable bonds is 9. The summed E-state index contributed by atoms with van der Waals surface area (Å²) in [6, 6.07) is 19.4. The van der Waals surface area contributed by atoms with Crippen molar-refractivity contribution in [3.8, 4) is 45.5 Å². The van der Waals surface area contributed by atoms with Crippen molar-refractivity contribution in [3.63, 3.8) is 0 Å². The minimum atomic E-state index is 0.0612. The first kappa shape index (κ1) is 29.8. The summed E-state index contributed by atoms with van der Waals surface area (Å²) < 4.78 is 18.4. The number of carbonyl (C=O) groups is 2. The lowest BCUT2D eigenvalue weighted by molar-refractivity contribution is -0.120. The van der Waals surface area contributed by atoms with Gasteiger partial charge in [0.1, 0.15) is 11.5 Å². The van der Waals surface area contributed by atoms with E-state index >= 15 is 0 Å². The second-order valence-corrected chi connectivity index (χ2v) is 12.2. The van der Waals surface area contributed by atoms with E-state index in [9.17, 15) is 9.59 Å². The fourth-order valence-electron chi connectivity index (χ4n) is 6.74. The molecule has 1 amide bonds. The fraction of sp³-hybridized carbons (Fsp3) is 0.257. The number of hydrogen-bond acceptors (Lipinski definition) is 8. The van der Waals surface area contributed by atoms with Crippen LogP contribution in [0.4, 0.5) is 0 Å². The number of nitrogens with one attached hydrogen (secondary N) is 1. The third-order valence-corrected chi connectivity index (χ3v) is 9.32. The van der Waals surface area contributed by atoms with Crippen LogP contribution in [0.3, 0.4) is 0 Å². The minimum Gasteiger partial charge on any atom is -0.496 e. The van der Waals surface area contributed by atoms with E-state index in [2.05, 4.69) is 15.3 Å². The van der Waals surface area contributed by atoms with Gasteiger partial charge in [-0.25, -0.2) is 9.67 Å². The zero-order valence-corrected chi connectivity index (χ0v) is 26.4. The summed E-state index contributed by atoms with van der Waals surface area (Å²) in [5, 5.41) is 9.10. The molecule has 0 unspecified atom stereocenters. The summed E-state index contributed by atoms with van der Waals surface area (Å²) in [6.07, 6.45) is 3.11. The summed E-state index contributed by atoms with van der Waals surface area (Å²) in [5.41, 5.74) is 6.15. The van der Waals surface area contributed by atoms with Gasteiger partial charge in [-0.1, -0.05) is 48.0 Å². The highest BCUT2D eigenvalue weighted by Gasteiger charge is 2.48. The molecular weight excluding hydrogens is 606 g/mol. The van der Waals surface area contributed by atoms with Crippen molar-refractivity contribution in [3.05, 3.63) is 83.0 Å². The van der Waals surface area contributed by atoms with Gasteiger partial charge in [-0.2, -0.15) is 5.10 Å². The van der Waals surface area contributed by atoms with Crippen molar-refractivity contribution in [2.45, 2.75) is 13.0 Å². The van der Waals surface area contributed by atoms with Gasteiger partial charge in [0.2, 0.25) is 11.8 Å². The molecule has 0 atom stereocenters. The molecule has 4 heterocycles. The van der Waals surface area contributed by atoms with Gasteiger partial charge in [-0.05, 0) is 17.7 Å². The number of ether oxygens (including phenoxy) is 3. The Labute approximate surface area is 270 Å². The Morgan fingerprint density at radius 3 is 2.35 bits per heavy atom. The van der Waals surface area contributed by atoms with E-state index in [0.29, 0.717) is 58.6 Å². The van der Waals surface area contributed by atoms with Crippen LogP contribution in [-0.2, 0) is 11.3 Å². The second-order valence-electron chi connectivity index (χ2n) is 11.8. The summed E-state index contributed by atoms with van der Waals surface area (Å²) in [5.74, 6) is 1.48. The van der Waals surface area contributed by atoms with Crippen LogP contribution in [0.25, 0.3) is 39.0 Å². The summed E-state index contributed by atoms with van der Waals surface area (Å²) in [7, 11) is 4.65. The monoisotopic (exact) mass is 637 g/mol. The first-order chi connectivity index (χ1) is 22.4. The Hall–Kier alpha value is -4.93. The average molecular weight is 638 g/mol. The number of likely N-dealkylation sites (tertiary alicyclic amines) is 1. The average Bonchev–Trinajstić information content (AvgIpc) is 3.68. The number of aromatic nitrogens is 3. The van der Waals surface area contributed by atoms with Gasteiger partial charge in [-0.3, -0.25) is 14.5 Å². The molecule has 0 radical (unpaired) electrons. The maximum atomic E-state index is 11.7. The van der Waals surface area contributed by atoms with E-state index in [1.807, 2.05) is 48.5 Å². The van der Waals surface area contributed by atoms with Crippen molar-refractivity contribution in [2.75, 3.05) is 41.0 Å². The van der Waals surface area contributed by atoms with Crippen molar-refractivity contribution >= 4 is 34.7 Å². The molecule has 5 aromatic rings. The van der Waals surface area contributed by atoms with E-state index in [4.69, 9.17) is 30.8 Å². The highest BCUT2D eigenvalue weighted by molar-refractivity contribution is 6.36. The largest absolute Gasteiger partial charge is 0.496 e. The first-order valence-corrected chi connectivity index (χ1v) is 15.3. The van der Waals surface area contributed by atoms with Crippen molar-refractivity contribution in [1.29, 1.82) is 0 Å². The molecule has 2 aliphatic heterocycles. The molecule has 11 heteroatoms. The Morgan fingerprint density at radius 1 is 0.957 bits per heavy atom. The number of pyridine rings is 1. The fourth-order valence-corrected chi connectivity index (χ4v) is 7.06. The van der Waals surface area contributed by atoms with E-state index in [0.717, 1.165) is 52.8 Å². The molecule has 1 spiro atoms. The van der Waals surface area contributed by atoms with Crippen LogP contribution in [0, 0.1) is 5.41 Å². The van der Waals surface area contributed by atoms with Crippen LogP contribution in [0.5, 0.6) is 17.4 Å². The number of benzene rings is 3. The Balaban J connectivity index is 1.21. The van der Waals surface area contributed by atoms with E-state index in [1.54, 1.807) is 30.1 Å². The Morgan fingerprint density at radius 2 is 1.67 bits per heavy atom. The number of hydrogen-bond donors (Lipinski definition) is 1. The van der Waals surface area contributed by atoms with Crippen molar-refractivity contribution < 1.29 is 23.8 Å². The third kappa shape index (κ3) is 5.03. The molecule has 7 rings (SSSR count). The van der Waals surface area contributed by atoms with Gasteiger partial charge in [0.05, 0.1) is 55.0 Å². The smallest absolute Gasteiger partial charge is 0.220 e. The standard InChI is InChI=1S/C35H32ClN5O5/c1-44-30-12-22(13-31(45-2)27(30)17-42)41-29-9-5-6-23(26(29)15-38-41)24-7-4-8-25(33(24)36)28-11-10-21(34(39-28)46-3)16-40-19-35(20-40)14-32(43)37-18-35/h4-13,15,17H,14,16,18-20H2,1-3H3,(H,37,43). The van der Waals surface area contributed by atoms with Crippen LogP contribution >= 0.6 is 11.6 Å². The topological polar surface area (TPSA) is 108 Å². The predicted molar refractivity (Wildman–Crippen MR) is 175 cm³/mol. The second kappa shape index (κ2) is 11.8. The van der Waals surface area contributed by atoms with Crippen molar-refractivity contribution in [2.24, 2.45) is 5.41 Å². The van der Waals surface area contributed by atoms with Crippen LogP contribution in [-0.4, -0.2) is 72.8 Å². The molecule has 0 aliphatic carbocycles. The number of halogens is 1. The van der Waals surface area contributed by atoms with E-state index in [1.165, 1.54) is 14.2 Å². The number of aldehydes is 1. The van der Waals surface area contributed by atoms with Crippen molar-refractivity contribution in [1.82, 2.24) is 25.0 Å². The molecule has 10 nitrogen and oxygen atoms in total. The summed E-state index contributed by atoms with van der Waals surface area (Å²) >= 11 is 7.13. The highest BCUT2D eigenvalue weighted by Crippen LogP contribution is 2.41. The van der Waals surface area contributed by atoms with Crippen LogP contribution in [0.15, 0.2) is 66.9 Å². The lowest BCUT2D eigenvalue weighted by atomic mass is 9.79.